The van der Waals surface area contributed by atoms with Crippen molar-refractivity contribution in [2.24, 2.45) is 0 Å². The summed E-state index contributed by atoms with van der Waals surface area (Å²) in [7, 11) is 2.88. The Morgan fingerprint density at radius 2 is 1.74 bits per heavy atom. The second kappa shape index (κ2) is 11.1. The van der Waals surface area contributed by atoms with Crippen LogP contribution >= 0.6 is 0 Å². The minimum atomic E-state index is -1.15. The van der Waals surface area contributed by atoms with Crippen LogP contribution in [0.15, 0.2) is 47.3 Å². The number of carbonyl (C=O) groups excluding carboxylic acids is 1. The lowest BCUT2D eigenvalue weighted by atomic mass is 10.1. The fourth-order valence-corrected chi connectivity index (χ4v) is 3.49. The van der Waals surface area contributed by atoms with Gasteiger partial charge < -0.3 is 14.6 Å². The molecule has 3 aromatic rings. The number of anilines is 1. The predicted octanol–water partition coefficient (Wildman–Crippen LogP) is 3.20. The van der Waals surface area contributed by atoms with E-state index < -0.39 is 17.7 Å². The van der Waals surface area contributed by atoms with E-state index in [9.17, 15) is 19.5 Å². The van der Waals surface area contributed by atoms with Crippen molar-refractivity contribution in [2.75, 3.05) is 25.7 Å². The van der Waals surface area contributed by atoms with Gasteiger partial charge in [0.1, 0.15) is 17.2 Å². The summed E-state index contributed by atoms with van der Waals surface area (Å²) in [4.78, 5) is 39.5. The quantitative estimate of drug-likeness (QED) is 0.354. The maximum absolute atomic E-state index is 13.5. The van der Waals surface area contributed by atoms with Crippen LogP contribution in [-0.2, 0) is 0 Å². The van der Waals surface area contributed by atoms with Crippen molar-refractivity contribution in [1.29, 1.82) is 0 Å². The molecular formula is C23H27N5O6. The molecule has 2 aromatic carbocycles. The lowest BCUT2D eigenvalue weighted by Crippen LogP contribution is -2.42. The second-order valence-electron chi connectivity index (χ2n) is 7.44. The molecule has 0 radical (unpaired) electrons. The number of nitrogens with zero attached hydrogens (tertiary/aromatic N) is 5. The van der Waals surface area contributed by atoms with Gasteiger partial charge in [-0.15, -0.1) is 4.68 Å². The van der Waals surface area contributed by atoms with Gasteiger partial charge in [0, 0.05) is 6.54 Å². The lowest BCUT2D eigenvalue weighted by Gasteiger charge is -2.24. The molecule has 0 atom stereocenters. The molecule has 0 spiro atoms. The first kappa shape index (κ1) is 24.5. The normalized spacial score (nSPS) is 10.7. The standard InChI is InChI=1S/C23H27N5O6/c1-4-5-6-9-14-26(18-15-16(21(29)30)12-13-20(18)34-3)22(31)28-23(32)27(24-25-28)17-10-7-8-11-19(17)33-2/h7-8,10-13,15H,4-6,9,14H2,1-3H3,(H,29,30). The molecule has 0 aliphatic rings. The first-order valence-corrected chi connectivity index (χ1v) is 10.8. The summed E-state index contributed by atoms with van der Waals surface area (Å²) in [6, 6.07) is 10.1. The third kappa shape index (κ3) is 5.08. The number of carboxylic acids is 1. The summed E-state index contributed by atoms with van der Waals surface area (Å²) in [5, 5.41) is 17.1. The van der Waals surface area contributed by atoms with Gasteiger partial charge in [-0.2, -0.15) is 4.68 Å². The van der Waals surface area contributed by atoms with Gasteiger partial charge >= 0.3 is 17.7 Å². The number of unbranched alkanes of at least 4 members (excludes halogenated alkanes) is 3. The van der Waals surface area contributed by atoms with Crippen molar-refractivity contribution in [3.8, 4) is 17.2 Å². The minimum absolute atomic E-state index is 0.0211. The SMILES string of the molecule is CCCCCCN(C(=O)n1nnn(-c2ccccc2OC)c1=O)c1cc(C(=O)O)ccc1OC. The summed E-state index contributed by atoms with van der Waals surface area (Å²) in [5.41, 5.74) is -0.259. The van der Waals surface area contributed by atoms with Crippen LogP contribution in [0.2, 0.25) is 0 Å². The summed E-state index contributed by atoms with van der Waals surface area (Å²) < 4.78 is 12.3. The lowest BCUT2D eigenvalue weighted by molar-refractivity contribution is 0.0697. The number of amides is 1. The Hall–Kier alpha value is -4.15. The zero-order valence-corrected chi connectivity index (χ0v) is 19.3. The maximum Gasteiger partial charge on any atom is 0.377 e. The van der Waals surface area contributed by atoms with Crippen LogP contribution in [0.4, 0.5) is 10.5 Å². The Labute approximate surface area is 196 Å². The fraction of sp³-hybridized carbons (Fsp3) is 0.348. The Balaban J connectivity index is 2.06. The van der Waals surface area contributed by atoms with E-state index in [0.717, 1.165) is 23.9 Å². The number of carbonyl (C=O) groups is 2. The van der Waals surface area contributed by atoms with Crippen LogP contribution in [0.3, 0.4) is 0 Å². The summed E-state index contributed by atoms with van der Waals surface area (Å²) in [6.45, 7) is 2.30. The topological polar surface area (TPSA) is 129 Å². The van der Waals surface area contributed by atoms with E-state index in [1.165, 1.54) is 37.3 Å². The average molecular weight is 469 g/mol. The molecule has 0 fully saturated rings. The van der Waals surface area contributed by atoms with Crippen LogP contribution < -0.4 is 20.1 Å². The summed E-state index contributed by atoms with van der Waals surface area (Å²) in [5.74, 6) is -0.475. The molecule has 0 aliphatic heterocycles. The zero-order chi connectivity index (χ0) is 24.7. The molecule has 1 N–H and O–H groups in total. The number of ether oxygens (including phenoxy) is 2. The molecule has 0 saturated heterocycles. The predicted molar refractivity (Wildman–Crippen MR) is 124 cm³/mol. The van der Waals surface area contributed by atoms with Gasteiger partial charge in [0.25, 0.3) is 0 Å². The number of tetrazole rings is 1. The smallest absolute Gasteiger partial charge is 0.377 e. The van der Waals surface area contributed by atoms with Crippen molar-refractivity contribution in [1.82, 2.24) is 19.8 Å². The largest absolute Gasteiger partial charge is 0.495 e. The molecule has 11 nitrogen and oxygen atoms in total. The average Bonchev–Trinajstić information content (AvgIpc) is 3.24. The second-order valence-corrected chi connectivity index (χ2v) is 7.44. The Morgan fingerprint density at radius 1 is 1.00 bits per heavy atom. The van der Waals surface area contributed by atoms with Crippen LogP contribution in [0.25, 0.3) is 5.69 Å². The number of para-hydroxylation sites is 2. The number of rotatable bonds is 10. The van der Waals surface area contributed by atoms with E-state index in [2.05, 4.69) is 17.4 Å². The van der Waals surface area contributed by atoms with E-state index in [1.807, 2.05) is 0 Å². The highest BCUT2D eigenvalue weighted by atomic mass is 16.5. The summed E-state index contributed by atoms with van der Waals surface area (Å²) in [6.07, 6.45) is 3.45. The van der Waals surface area contributed by atoms with Gasteiger partial charge in [-0.3, -0.25) is 4.90 Å². The van der Waals surface area contributed by atoms with Gasteiger partial charge in [-0.25, -0.2) is 14.4 Å². The Morgan fingerprint density at radius 3 is 2.41 bits per heavy atom. The van der Waals surface area contributed by atoms with E-state index >= 15 is 0 Å². The van der Waals surface area contributed by atoms with Crippen LogP contribution in [0, 0.1) is 0 Å². The van der Waals surface area contributed by atoms with Crippen molar-refractivity contribution < 1.29 is 24.2 Å². The highest BCUT2D eigenvalue weighted by molar-refractivity contribution is 5.97. The molecule has 34 heavy (non-hydrogen) atoms. The monoisotopic (exact) mass is 469 g/mol. The first-order valence-electron chi connectivity index (χ1n) is 10.8. The summed E-state index contributed by atoms with van der Waals surface area (Å²) >= 11 is 0. The minimum Gasteiger partial charge on any atom is -0.495 e. The molecule has 0 unspecified atom stereocenters. The number of carboxylic acid groups (broad SMARTS) is 1. The molecule has 11 heteroatoms. The molecule has 1 amide bonds. The molecule has 180 valence electrons. The number of aromatic nitrogens is 4. The number of aromatic carboxylic acids is 1. The molecule has 0 bridgehead atoms. The van der Waals surface area contributed by atoms with Crippen molar-refractivity contribution in [3.63, 3.8) is 0 Å². The molecule has 0 saturated carbocycles. The maximum atomic E-state index is 13.5. The van der Waals surface area contributed by atoms with Crippen molar-refractivity contribution in [3.05, 3.63) is 58.5 Å². The van der Waals surface area contributed by atoms with Gasteiger partial charge in [0.15, 0.2) is 0 Å². The highest BCUT2D eigenvalue weighted by Gasteiger charge is 2.26. The number of benzene rings is 2. The Kier molecular flexibility index (Phi) is 8.01. The Bertz CT molecular complexity index is 1220. The third-order valence-corrected chi connectivity index (χ3v) is 5.26. The third-order valence-electron chi connectivity index (χ3n) is 5.26. The molecule has 1 heterocycles. The van der Waals surface area contributed by atoms with Crippen LogP contribution in [0.5, 0.6) is 11.5 Å². The van der Waals surface area contributed by atoms with Crippen molar-refractivity contribution in [2.45, 2.75) is 32.6 Å². The van der Waals surface area contributed by atoms with Gasteiger partial charge in [0.05, 0.1) is 25.5 Å². The number of methoxy groups -OCH3 is 2. The fourth-order valence-electron chi connectivity index (χ4n) is 3.49. The van der Waals surface area contributed by atoms with E-state index in [1.54, 1.807) is 24.3 Å². The van der Waals surface area contributed by atoms with Crippen LogP contribution in [0.1, 0.15) is 43.0 Å². The first-order chi connectivity index (χ1) is 16.4. The number of hydrogen-bond donors (Lipinski definition) is 1. The molecule has 1 aromatic heterocycles. The molecule has 3 rings (SSSR count). The van der Waals surface area contributed by atoms with Gasteiger partial charge in [0.2, 0.25) is 0 Å². The van der Waals surface area contributed by atoms with Crippen molar-refractivity contribution >= 4 is 17.7 Å². The van der Waals surface area contributed by atoms with E-state index in [0.29, 0.717) is 28.3 Å². The van der Waals surface area contributed by atoms with Crippen LogP contribution in [-0.4, -0.2) is 57.7 Å². The number of hydrogen-bond acceptors (Lipinski definition) is 7. The van der Waals surface area contributed by atoms with Gasteiger partial charge in [-0.05, 0) is 47.2 Å². The van der Waals surface area contributed by atoms with E-state index in [-0.39, 0.29) is 17.8 Å². The van der Waals surface area contributed by atoms with E-state index in [4.69, 9.17) is 9.47 Å². The molecule has 0 aliphatic carbocycles. The highest BCUT2D eigenvalue weighted by Crippen LogP contribution is 2.30. The van der Waals surface area contributed by atoms with Gasteiger partial charge in [-0.1, -0.05) is 38.3 Å². The zero-order valence-electron chi connectivity index (χ0n) is 19.3. The molecular weight excluding hydrogens is 442 g/mol.